The van der Waals surface area contributed by atoms with Crippen molar-refractivity contribution in [2.75, 3.05) is 5.88 Å². The standard InChI is InChI=1S/C12H9Cl2NO/c13-5-1-3-8-7-10(14)9-4-2-6-15-11(9)12(8)16/h1-4,6-7,16H,5H2. The fourth-order valence-electron chi connectivity index (χ4n) is 1.50. The highest BCUT2D eigenvalue weighted by atomic mass is 35.5. The van der Waals surface area contributed by atoms with E-state index in [9.17, 15) is 5.11 Å². The summed E-state index contributed by atoms with van der Waals surface area (Å²) in [6.45, 7) is 0. The molecule has 4 heteroatoms. The predicted octanol–water partition coefficient (Wildman–Crippen LogP) is 3.85. The minimum Gasteiger partial charge on any atom is -0.505 e. The Hall–Kier alpha value is -1.25. The first-order valence-corrected chi connectivity index (χ1v) is 5.64. The van der Waals surface area contributed by atoms with Crippen molar-refractivity contribution in [3.05, 3.63) is 41.1 Å². The van der Waals surface area contributed by atoms with Gasteiger partial charge < -0.3 is 5.11 Å². The van der Waals surface area contributed by atoms with Gasteiger partial charge in [0.1, 0.15) is 11.3 Å². The predicted molar refractivity (Wildman–Crippen MR) is 68.2 cm³/mol. The number of phenols is 1. The number of aromatic nitrogens is 1. The summed E-state index contributed by atoms with van der Waals surface area (Å²) in [7, 11) is 0. The number of allylic oxidation sites excluding steroid dienone is 1. The van der Waals surface area contributed by atoms with E-state index in [2.05, 4.69) is 4.98 Å². The zero-order valence-corrected chi connectivity index (χ0v) is 9.83. The van der Waals surface area contributed by atoms with Crippen LogP contribution in [0.4, 0.5) is 0 Å². The molecular formula is C12H9Cl2NO. The van der Waals surface area contributed by atoms with E-state index in [0.29, 0.717) is 22.0 Å². The van der Waals surface area contributed by atoms with E-state index in [1.54, 1.807) is 30.5 Å². The quantitative estimate of drug-likeness (QED) is 0.826. The summed E-state index contributed by atoms with van der Waals surface area (Å²) < 4.78 is 0. The van der Waals surface area contributed by atoms with Gasteiger partial charge in [0.15, 0.2) is 0 Å². The van der Waals surface area contributed by atoms with Crippen molar-refractivity contribution in [1.82, 2.24) is 4.98 Å². The minimum atomic E-state index is 0.126. The van der Waals surface area contributed by atoms with Crippen LogP contribution >= 0.6 is 23.2 Å². The Labute approximate surface area is 103 Å². The second-order valence-electron chi connectivity index (χ2n) is 3.25. The molecule has 0 saturated carbocycles. The molecule has 16 heavy (non-hydrogen) atoms. The highest BCUT2D eigenvalue weighted by molar-refractivity contribution is 6.35. The van der Waals surface area contributed by atoms with Gasteiger partial charge in [-0.05, 0) is 18.2 Å². The SMILES string of the molecule is Oc1c(C=CCCl)cc(Cl)c2cccnc12. The topological polar surface area (TPSA) is 33.1 Å². The van der Waals surface area contributed by atoms with E-state index in [-0.39, 0.29) is 5.75 Å². The highest BCUT2D eigenvalue weighted by Crippen LogP contribution is 2.33. The molecule has 0 spiro atoms. The van der Waals surface area contributed by atoms with E-state index in [4.69, 9.17) is 23.2 Å². The molecule has 0 saturated heterocycles. The van der Waals surface area contributed by atoms with Gasteiger partial charge in [0.05, 0.1) is 5.02 Å². The van der Waals surface area contributed by atoms with E-state index >= 15 is 0 Å². The molecule has 82 valence electrons. The second-order valence-corrected chi connectivity index (χ2v) is 3.97. The van der Waals surface area contributed by atoms with Crippen LogP contribution < -0.4 is 0 Å². The minimum absolute atomic E-state index is 0.126. The van der Waals surface area contributed by atoms with Crippen LogP contribution in [0.1, 0.15) is 5.56 Å². The van der Waals surface area contributed by atoms with Gasteiger partial charge in [0.25, 0.3) is 0 Å². The maximum absolute atomic E-state index is 9.99. The van der Waals surface area contributed by atoms with Gasteiger partial charge in [0.2, 0.25) is 0 Å². The number of pyridine rings is 1. The van der Waals surface area contributed by atoms with Crippen molar-refractivity contribution in [2.45, 2.75) is 0 Å². The summed E-state index contributed by atoms with van der Waals surface area (Å²) in [5.74, 6) is 0.512. The van der Waals surface area contributed by atoms with Crippen LogP contribution in [0.25, 0.3) is 17.0 Å². The molecule has 1 N–H and O–H groups in total. The molecule has 1 heterocycles. The maximum atomic E-state index is 9.99. The fraction of sp³-hybridized carbons (Fsp3) is 0.0833. The van der Waals surface area contributed by atoms with Crippen molar-refractivity contribution in [1.29, 1.82) is 0 Å². The zero-order valence-electron chi connectivity index (χ0n) is 8.32. The van der Waals surface area contributed by atoms with Crippen molar-refractivity contribution in [3.8, 4) is 5.75 Å². The van der Waals surface area contributed by atoms with Gasteiger partial charge in [-0.2, -0.15) is 0 Å². The molecule has 1 aromatic carbocycles. The van der Waals surface area contributed by atoms with Crippen LogP contribution in [0.5, 0.6) is 5.75 Å². The van der Waals surface area contributed by atoms with E-state index in [1.165, 1.54) is 0 Å². The van der Waals surface area contributed by atoms with Gasteiger partial charge in [-0.1, -0.05) is 23.8 Å². The molecule has 2 aromatic rings. The van der Waals surface area contributed by atoms with Gasteiger partial charge in [-0.25, -0.2) is 0 Å². The molecule has 0 radical (unpaired) electrons. The fourth-order valence-corrected chi connectivity index (χ4v) is 1.86. The molecule has 0 fully saturated rings. The summed E-state index contributed by atoms with van der Waals surface area (Å²) in [4.78, 5) is 4.11. The van der Waals surface area contributed by atoms with Gasteiger partial charge in [-0.15, -0.1) is 11.6 Å². The lowest BCUT2D eigenvalue weighted by molar-refractivity contribution is 0.479. The van der Waals surface area contributed by atoms with Crippen molar-refractivity contribution in [2.24, 2.45) is 0 Å². The first-order valence-electron chi connectivity index (χ1n) is 4.72. The van der Waals surface area contributed by atoms with E-state index in [0.717, 1.165) is 5.39 Å². The lowest BCUT2D eigenvalue weighted by Crippen LogP contribution is -1.84. The Morgan fingerprint density at radius 3 is 3.00 bits per heavy atom. The van der Waals surface area contributed by atoms with Crippen LogP contribution in [0.2, 0.25) is 5.02 Å². The molecule has 0 amide bonds. The summed E-state index contributed by atoms with van der Waals surface area (Å²) in [6.07, 6.45) is 5.08. The Bertz CT molecular complexity index is 552. The van der Waals surface area contributed by atoms with Crippen molar-refractivity contribution < 1.29 is 5.11 Å². The van der Waals surface area contributed by atoms with Crippen LogP contribution in [-0.4, -0.2) is 16.0 Å². The first kappa shape index (κ1) is 11.2. The Balaban J connectivity index is 2.70. The summed E-state index contributed by atoms with van der Waals surface area (Å²) in [5.41, 5.74) is 1.13. The molecule has 0 bridgehead atoms. The van der Waals surface area contributed by atoms with Crippen LogP contribution in [0, 0.1) is 0 Å². The molecular weight excluding hydrogens is 245 g/mol. The lowest BCUT2D eigenvalue weighted by Gasteiger charge is -2.05. The zero-order chi connectivity index (χ0) is 11.5. The summed E-state index contributed by atoms with van der Waals surface area (Å²) in [6, 6.07) is 5.30. The molecule has 0 aliphatic carbocycles. The third-order valence-corrected chi connectivity index (χ3v) is 2.72. The van der Waals surface area contributed by atoms with Gasteiger partial charge in [-0.3, -0.25) is 4.98 Å². The summed E-state index contributed by atoms with van der Waals surface area (Å²) >= 11 is 11.6. The first-order chi connectivity index (χ1) is 7.74. The Morgan fingerprint density at radius 2 is 2.25 bits per heavy atom. The Morgan fingerprint density at radius 1 is 1.44 bits per heavy atom. The normalized spacial score (nSPS) is 11.4. The van der Waals surface area contributed by atoms with Crippen LogP contribution in [-0.2, 0) is 0 Å². The average Bonchev–Trinajstić information content (AvgIpc) is 2.32. The second kappa shape index (κ2) is 4.73. The van der Waals surface area contributed by atoms with Crippen LogP contribution in [0.3, 0.4) is 0 Å². The maximum Gasteiger partial charge on any atom is 0.149 e. The third kappa shape index (κ3) is 1.99. The number of phenolic OH excluding ortho intramolecular Hbond substituents is 1. The number of nitrogens with zero attached hydrogens (tertiary/aromatic N) is 1. The number of halogens is 2. The third-order valence-electron chi connectivity index (χ3n) is 2.23. The number of benzene rings is 1. The number of rotatable bonds is 2. The Kier molecular flexibility index (Phi) is 3.32. The molecule has 0 aliphatic rings. The number of fused-ring (bicyclic) bond motifs is 1. The number of alkyl halides is 1. The molecule has 1 aromatic heterocycles. The molecule has 2 rings (SSSR count). The molecule has 0 atom stereocenters. The average molecular weight is 254 g/mol. The molecule has 0 aliphatic heterocycles. The number of hydrogen-bond acceptors (Lipinski definition) is 2. The van der Waals surface area contributed by atoms with E-state index < -0.39 is 0 Å². The molecule has 0 unspecified atom stereocenters. The van der Waals surface area contributed by atoms with Crippen molar-refractivity contribution in [3.63, 3.8) is 0 Å². The van der Waals surface area contributed by atoms with Crippen molar-refractivity contribution >= 4 is 40.2 Å². The lowest BCUT2D eigenvalue weighted by atomic mass is 10.1. The number of aromatic hydroxyl groups is 1. The smallest absolute Gasteiger partial charge is 0.149 e. The number of hydrogen-bond donors (Lipinski definition) is 1. The molecule has 2 nitrogen and oxygen atoms in total. The highest BCUT2D eigenvalue weighted by Gasteiger charge is 2.08. The summed E-state index contributed by atoms with van der Waals surface area (Å²) in [5, 5.41) is 11.3. The monoisotopic (exact) mass is 253 g/mol. The van der Waals surface area contributed by atoms with Gasteiger partial charge >= 0.3 is 0 Å². The van der Waals surface area contributed by atoms with Crippen LogP contribution in [0.15, 0.2) is 30.5 Å². The van der Waals surface area contributed by atoms with E-state index in [1.807, 2.05) is 6.07 Å². The van der Waals surface area contributed by atoms with Gasteiger partial charge in [0, 0.05) is 23.0 Å². The largest absolute Gasteiger partial charge is 0.505 e.